The van der Waals surface area contributed by atoms with Gasteiger partial charge in [-0.15, -0.1) is 0 Å². The average molecular weight is 638 g/mol. The SMILES string of the molecule is c1ccc(-c2ccc(N(c3ccc4c(c3)oc3c5ccccc5ccc43)c3ccc4ccc5ccccc5c4c3)cc2-c2ccccc2)cc1. The van der Waals surface area contributed by atoms with Gasteiger partial charge in [-0.05, 0) is 91.6 Å². The van der Waals surface area contributed by atoms with E-state index in [1.807, 2.05) is 0 Å². The lowest BCUT2D eigenvalue weighted by molar-refractivity contribution is 0.672. The van der Waals surface area contributed by atoms with Gasteiger partial charge in [0.25, 0.3) is 0 Å². The second-order valence-electron chi connectivity index (χ2n) is 12.9. The monoisotopic (exact) mass is 637 g/mol. The van der Waals surface area contributed by atoms with E-state index in [9.17, 15) is 0 Å². The summed E-state index contributed by atoms with van der Waals surface area (Å²) in [6, 6.07) is 67.5. The van der Waals surface area contributed by atoms with Crippen molar-refractivity contribution in [3.8, 4) is 22.3 Å². The van der Waals surface area contributed by atoms with Crippen LogP contribution in [0.1, 0.15) is 0 Å². The molecule has 0 spiro atoms. The molecule has 2 heteroatoms. The molecule has 0 aliphatic carbocycles. The van der Waals surface area contributed by atoms with E-state index in [1.54, 1.807) is 0 Å². The van der Waals surface area contributed by atoms with Gasteiger partial charge in [0.1, 0.15) is 11.2 Å². The average Bonchev–Trinajstić information content (AvgIpc) is 3.57. The summed E-state index contributed by atoms with van der Waals surface area (Å²) in [7, 11) is 0. The van der Waals surface area contributed by atoms with Gasteiger partial charge in [-0.25, -0.2) is 0 Å². The summed E-state index contributed by atoms with van der Waals surface area (Å²) < 4.78 is 6.70. The number of hydrogen-bond donors (Lipinski definition) is 0. The Morgan fingerprint density at radius 2 is 0.840 bits per heavy atom. The van der Waals surface area contributed by atoms with Crippen molar-refractivity contribution in [1.29, 1.82) is 0 Å². The molecule has 0 saturated heterocycles. The fraction of sp³-hybridized carbons (Fsp3) is 0. The van der Waals surface area contributed by atoms with E-state index >= 15 is 0 Å². The van der Waals surface area contributed by atoms with E-state index in [2.05, 4.69) is 193 Å². The zero-order chi connectivity index (χ0) is 33.0. The highest BCUT2D eigenvalue weighted by Gasteiger charge is 2.19. The van der Waals surface area contributed by atoms with Crippen LogP contribution in [0.15, 0.2) is 192 Å². The lowest BCUT2D eigenvalue weighted by Gasteiger charge is -2.27. The Bertz CT molecular complexity index is 2870. The predicted molar refractivity (Wildman–Crippen MR) is 212 cm³/mol. The molecule has 10 rings (SSSR count). The minimum atomic E-state index is 0.870. The van der Waals surface area contributed by atoms with Crippen LogP contribution in [0.5, 0.6) is 0 Å². The van der Waals surface area contributed by atoms with Crippen molar-refractivity contribution in [2.45, 2.75) is 0 Å². The Hall–Kier alpha value is -6.64. The van der Waals surface area contributed by atoms with Crippen molar-refractivity contribution in [2.24, 2.45) is 0 Å². The maximum Gasteiger partial charge on any atom is 0.143 e. The van der Waals surface area contributed by atoms with E-state index in [1.165, 1.54) is 49.2 Å². The van der Waals surface area contributed by atoms with Gasteiger partial charge in [0.2, 0.25) is 0 Å². The summed E-state index contributed by atoms with van der Waals surface area (Å²) in [6.07, 6.45) is 0. The zero-order valence-electron chi connectivity index (χ0n) is 27.3. The van der Waals surface area contributed by atoms with Crippen molar-refractivity contribution >= 4 is 71.3 Å². The molecule has 0 atom stereocenters. The van der Waals surface area contributed by atoms with Crippen LogP contribution >= 0.6 is 0 Å². The van der Waals surface area contributed by atoms with Crippen molar-refractivity contribution in [3.63, 3.8) is 0 Å². The normalized spacial score (nSPS) is 11.6. The summed E-state index contributed by atoms with van der Waals surface area (Å²) in [4.78, 5) is 2.37. The molecule has 0 radical (unpaired) electrons. The van der Waals surface area contributed by atoms with Crippen molar-refractivity contribution in [3.05, 3.63) is 188 Å². The van der Waals surface area contributed by atoms with Gasteiger partial charge in [-0.1, -0.05) is 140 Å². The maximum atomic E-state index is 6.70. The van der Waals surface area contributed by atoms with Gasteiger partial charge < -0.3 is 9.32 Å². The fourth-order valence-corrected chi connectivity index (χ4v) is 7.61. The van der Waals surface area contributed by atoms with Crippen LogP contribution in [0.25, 0.3) is 76.5 Å². The molecule has 0 bridgehead atoms. The highest BCUT2D eigenvalue weighted by molar-refractivity contribution is 6.15. The molecule has 50 heavy (non-hydrogen) atoms. The Morgan fingerprint density at radius 1 is 0.320 bits per heavy atom. The number of hydrogen-bond acceptors (Lipinski definition) is 2. The number of fused-ring (bicyclic) bond motifs is 8. The van der Waals surface area contributed by atoms with Crippen molar-refractivity contribution < 1.29 is 4.42 Å². The Balaban J connectivity index is 1.23. The second kappa shape index (κ2) is 11.5. The topological polar surface area (TPSA) is 16.4 Å². The molecule has 1 heterocycles. The van der Waals surface area contributed by atoms with Gasteiger partial charge in [-0.2, -0.15) is 0 Å². The molecule has 0 amide bonds. The number of rotatable bonds is 5. The minimum absolute atomic E-state index is 0.870. The molecule has 234 valence electrons. The molecular weight excluding hydrogens is 607 g/mol. The quantitative estimate of drug-likeness (QED) is 0.175. The molecule has 0 saturated carbocycles. The van der Waals surface area contributed by atoms with Crippen LogP contribution in [0.2, 0.25) is 0 Å². The molecule has 1 aromatic heterocycles. The lowest BCUT2D eigenvalue weighted by atomic mass is 9.93. The van der Waals surface area contributed by atoms with E-state index < -0.39 is 0 Å². The number of benzene rings is 9. The van der Waals surface area contributed by atoms with Crippen molar-refractivity contribution in [2.75, 3.05) is 4.90 Å². The molecule has 0 unspecified atom stereocenters. The first-order chi connectivity index (χ1) is 24.8. The van der Waals surface area contributed by atoms with E-state index in [-0.39, 0.29) is 0 Å². The van der Waals surface area contributed by atoms with Crippen LogP contribution < -0.4 is 4.90 Å². The summed E-state index contributed by atoms with van der Waals surface area (Å²) in [6.45, 7) is 0. The van der Waals surface area contributed by atoms with E-state index in [0.29, 0.717) is 0 Å². The van der Waals surface area contributed by atoms with Crippen LogP contribution in [-0.2, 0) is 0 Å². The Labute approximate surface area is 290 Å². The van der Waals surface area contributed by atoms with Crippen LogP contribution in [-0.4, -0.2) is 0 Å². The maximum absolute atomic E-state index is 6.70. The van der Waals surface area contributed by atoms with Gasteiger partial charge in [0, 0.05) is 39.3 Å². The number of anilines is 3. The molecule has 0 N–H and O–H groups in total. The number of nitrogens with zero attached hydrogens (tertiary/aromatic N) is 1. The van der Waals surface area contributed by atoms with Gasteiger partial charge in [0.05, 0.1) is 0 Å². The van der Waals surface area contributed by atoms with Crippen LogP contribution in [0, 0.1) is 0 Å². The first-order valence-electron chi connectivity index (χ1n) is 17.1. The zero-order valence-corrected chi connectivity index (χ0v) is 27.3. The van der Waals surface area contributed by atoms with Crippen molar-refractivity contribution in [1.82, 2.24) is 0 Å². The summed E-state index contributed by atoms with van der Waals surface area (Å²) in [5.74, 6) is 0. The lowest BCUT2D eigenvalue weighted by Crippen LogP contribution is -2.10. The third kappa shape index (κ3) is 4.65. The molecule has 0 aliphatic rings. The Morgan fingerprint density at radius 3 is 1.62 bits per heavy atom. The highest BCUT2D eigenvalue weighted by Crippen LogP contribution is 2.44. The largest absolute Gasteiger partial charge is 0.455 e. The predicted octanol–water partition coefficient (Wildman–Crippen LogP) is 13.8. The third-order valence-electron chi connectivity index (χ3n) is 10.0. The molecular formula is C48H31NO. The van der Waals surface area contributed by atoms with Gasteiger partial charge in [-0.3, -0.25) is 0 Å². The summed E-state index contributed by atoms with van der Waals surface area (Å²) in [5, 5.41) is 9.48. The summed E-state index contributed by atoms with van der Waals surface area (Å²) >= 11 is 0. The third-order valence-corrected chi connectivity index (χ3v) is 10.0. The molecule has 0 fully saturated rings. The second-order valence-corrected chi connectivity index (χ2v) is 12.9. The molecule has 2 nitrogen and oxygen atoms in total. The standard InChI is InChI=1S/C48H31NO/c1-3-11-32(12-4-1)41-27-24-38(30-45(41)33-13-5-2-6-14-33)49(37-23-21-36-20-19-34-15-7-9-17-40(34)46(36)29-37)39-25-28-43-44-26-22-35-16-8-10-18-42(35)48(44)50-47(43)31-39/h1-31H. The molecule has 10 aromatic rings. The Kier molecular flexibility index (Phi) is 6.53. The van der Waals surface area contributed by atoms with Gasteiger partial charge >= 0.3 is 0 Å². The fourth-order valence-electron chi connectivity index (χ4n) is 7.61. The van der Waals surface area contributed by atoms with Crippen LogP contribution in [0.3, 0.4) is 0 Å². The smallest absolute Gasteiger partial charge is 0.143 e. The summed E-state index contributed by atoms with van der Waals surface area (Å²) in [5.41, 5.74) is 9.74. The highest BCUT2D eigenvalue weighted by atomic mass is 16.3. The van der Waals surface area contributed by atoms with E-state index in [4.69, 9.17) is 4.42 Å². The molecule has 0 aliphatic heterocycles. The van der Waals surface area contributed by atoms with Gasteiger partial charge in [0.15, 0.2) is 0 Å². The first-order valence-corrected chi connectivity index (χ1v) is 17.1. The number of furan rings is 1. The van der Waals surface area contributed by atoms with Crippen LogP contribution in [0.4, 0.5) is 17.1 Å². The molecule has 9 aromatic carbocycles. The minimum Gasteiger partial charge on any atom is -0.455 e. The first kappa shape index (κ1) is 28.4. The van der Waals surface area contributed by atoms with E-state index in [0.717, 1.165) is 44.4 Å².